The van der Waals surface area contributed by atoms with Crippen LogP contribution >= 0.6 is 0 Å². The highest BCUT2D eigenvalue weighted by atomic mass is 16.5. The molecule has 2 heterocycles. The van der Waals surface area contributed by atoms with Crippen LogP contribution < -0.4 is 4.74 Å². The molecule has 4 rings (SSSR count). The largest absolute Gasteiger partial charge is 0.484 e. The van der Waals surface area contributed by atoms with Crippen molar-refractivity contribution in [1.29, 1.82) is 0 Å². The third-order valence-corrected chi connectivity index (χ3v) is 5.43. The minimum atomic E-state index is -0.0609. The fourth-order valence-electron chi connectivity index (χ4n) is 3.45. The van der Waals surface area contributed by atoms with Crippen LogP contribution in [0, 0.1) is 13.8 Å². The summed E-state index contributed by atoms with van der Waals surface area (Å²) < 4.78 is 5.65. The average molecular weight is 392 g/mol. The van der Waals surface area contributed by atoms with Crippen LogP contribution in [-0.4, -0.2) is 64.4 Å². The summed E-state index contributed by atoms with van der Waals surface area (Å²) in [6, 6.07) is 11.3. The number of aryl methyl sites for hydroxylation is 2. The Hall–Kier alpha value is -3.35. The number of benzene rings is 2. The third-order valence-electron chi connectivity index (χ3n) is 5.43. The van der Waals surface area contributed by atoms with Crippen LogP contribution in [0.4, 0.5) is 0 Å². The summed E-state index contributed by atoms with van der Waals surface area (Å²) in [5.41, 5.74) is 4.63. The molecule has 2 aromatic carbocycles. The molecule has 150 valence electrons. The van der Waals surface area contributed by atoms with E-state index in [1.165, 1.54) is 5.56 Å². The number of aromatic amines is 1. The Labute approximate surface area is 169 Å². The SMILES string of the molecule is Cc1ccc(OCC(=O)N2CCN(C(=O)c3ccc4nc[nH]c4c3)CC2)cc1C. The highest BCUT2D eigenvalue weighted by Crippen LogP contribution is 2.17. The summed E-state index contributed by atoms with van der Waals surface area (Å²) in [6.07, 6.45) is 1.61. The number of imidazole rings is 1. The molecular weight excluding hydrogens is 368 g/mol. The van der Waals surface area contributed by atoms with Crippen LogP contribution in [0.25, 0.3) is 11.0 Å². The molecule has 1 aliphatic heterocycles. The van der Waals surface area contributed by atoms with Gasteiger partial charge in [-0.05, 0) is 55.3 Å². The molecule has 1 aromatic heterocycles. The maximum atomic E-state index is 12.8. The Morgan fingerprint density at radius 1 is 1.00 bits per heavy atom. The zero-order chi connectivity index (χ0) is 20.4. The lowest BCUT2D eigenvalue weighted by molar-refractivity contribution is -0.134. The number of piperazine rings is 1. The van der Waals surface area contributed by atoms with E-state index in [9.17, 15) is 9.59 Å². The number of aromatic nitrogens is 2. The summed E-state index contributed by atoms with van der Waals surface area (Å²) >= 11 is 0. The highest BCUT2D eigenvalue weighted by molar-refractivity contribution is 5.97. The van der Waals surface area contributed by atoms with E-state index in [0.717, 1.165) is 16.6 Å². The van der Waals surface area contributed by atoms with Gasteiger partial charge in [-0.15, -0.1) is 0 Å². The molecule has 3 aromatic rings. The van der Waals surface area contributed by atoms with Gasteiger partial charge in [0, 0.05) is 31.7 Å². The Balaban J connectivity index is 1.30. The lowest BCUT2D eigenvalue weighted by Crippen LogP contribution is -2.51. The lowest BCUT2D eigenvalue weighted by atomic mass is 10.1. The Bertz CT molecular complexity index is 1050. The van der Waals surface area contributed by atoms with Crippen molar-refractivity contribution in [2.45, 2.75) is 13.8 Å². The lowest BCUT2D eigenvalue weighted by Gasteiger charge is -2.34. The van der Waals surface area contributed by atoms with E-state index in [1.54, 1.807) is 22.2 Å². The number of rotatable bonds is 4. The summed E-state index contributed by atoms with van der Waals surface area (Å²) in [4.78, 5) is 36.0. The maximum absolute atomic E-state index is 12.8. The molecule has 7 heteroatoms. The molecule has 0 bridgehead atoms. The van der Waals surface area contributed by atoms with Crippen LogP contribution in [0.2, 0.25) is 0 Å². The first-order valence-electron chi connectivity index (χ1n) is 9.71. The molecule has 7 nitrogen and oxygen atoms in total. The van der Waals surface area contributed by atoms with Crippen LogP contribution in [-0.2, 0) is 4.79 Å². The fourth-order valence-corrected chi connectivity index (χ4v) is 3.45. The summed E-state index contributed by atoms with van der Waals surface area (Å²) in [7, 11) is 0. The maximum Gasteiger partial charge on any atom is 0.260 e. The van der Waals surface area contributed by atoms with Gasteiger partial charge in [0.15, 0.2) is 6.61 Å². The second-order valence-corrected chi connectivity index (χ2v) is 7.34. The van der Waals surface area contributed by atoms with E-state index in [4.69, 9.17) is 4.74 Å². The molecule has 1 fully saturated rings. The molecule has 0 atom stereocenters. The van der Waals surface area contributed by atoms with Crippen molar-refractivity contribution >= 4 is 22.8 Å². The van der Waals surface area contributed by atoms with Crippen molar-refractivity contribution in [3.05, 3.63) is 59.4 Å². The molecule has 29 heavy (non-hydrogen) atoms. The number of carbonyl (C=O) groups is 2. The van der Waals surface area contributed by atoms with Crippen molar-refractivity contribution in [3.63, 3.8) is 0 Å². The van der Waals surface area contributed by atoms with Gasteiger partial charge >= 0.3 is 0 Å². The van der Waals surface area contributed by atoms with Gasteiger partial charge in [-0.25, -0.2) is 4.98 Å². The van der Waals surface area contributed by atoms with Gasteiger partial charge in [0.05, 0.1) is 17.4 Å². The van der Waals surface area contributed by atoms with Crippen molar-refractivity contribution in [3.8, 4) is 5.75 Å². The molecule has 0 spiro atoms. The van der Waals surface area contributed by atoms with Crippen LogP contribution in [0.1, 0.15) is 21.5 Å². The number of ether oxygens (including phenoxy) is 1. The predicted molar refractivity (Wildman–Crippen MR) is 110 cm³/mol. The minimum Gasteiger partial charge on any atom is -0.484 e. The first-order chi connectivity index (χ1) is 14.0. The molecule has 1 saturated heterocycles. The van der Waals surface area contributed by atoms with Crippen molar-refractivity contribution in [2.24, 2.45) is 0 Å². The first-order valence-corrected chi connectivity index (χ1v) is 9.71. The van der Waals surface area contributed by atoms with E-state index in [1.807, 2.05) is 44.2 Å². The topological polar surface area (TPSA) is 78.5 Å². The van der Waals surface area contributed by atoms with Gasteiger partial charge in [0.2, 0.25) is 0 Å². The molecule has 1 aliphatic rings. The number of carbonyl (C=O) groups excluding carboxylic acids is 2. The van der Waals surface area contributed by atoms with E-state index < -0.39 is 0 Å². The van der Waals surface area contributed by atoms with Gasteiger partial charge in [-0.3, -0.25) is 9.59 Å². The molecule has 2 amide bonds. The number of hydrogen-bond donors (Lipinski definition) is 1. The zero-order valence-corrected chi connectivity index (χ0v) is 16.6. The molecule has 0 radical (unpaired) electrons. The third kappa shape index (κ3) is 4.08. The summed E-state index contributed by atoms with van der Waals surface area (Å²) in [6.45, 7) is 6.10. The number of nitrogens with zero attached hydrogens (tertiary/aromatic N) is 3. The van der Waals surface area contributed by atoms with Crippen molar-refractivity contribution < 1.29 is 14.3 Å². The Morgan fingerprint density at radius 2 is 1.76 bits per heavy atom. The number of fused-ring (bicyclic) bond motifs is 1. The number of hydrogen-bond acceptors (Lipinski definition) is 4. The Morgan fingerprint density at radius 3 is 2.52 bits per heavy atom. The van der Waals surface area contributed by atoms with E-state index in [0.29, 0.717) is 37.5 Å². The smallest absolute Gasteiger partial charge is 0.260 e. The fraction of sp³-hybridized carbons (Fsp3) is 0.318. The molecule has 0 aliphatic carbocycles. The molecular formula is C22H24N4O3. The second kappa shape index (κ2) is 7.95. The predicted octanol–water partition coefficient (Wildman–Crippen LogP) is 2.54. The number of H-pyrrole nitrogens is 1. The van der Waals surface area contributed by atoms with Gasteiger partial charge in [0.1, 0.15) is 5.75 Å². The summed E-state index contributed by atoms with van der Waals surface area (Å²) in [5, 5.41) is 0. The normalized spacial score (nSPS) is 14.3. The van der Waals surface area contributed by atoms with E-state index in [2.05, 4.69) is 9.97 Å². The first kappa shape index (κ1) is 19.0. The Kier molecular flexibility index (Phi) is 5.20. The van der Waals surface area contributed by atoms with Crippen molar-refractivity contribution in [1.82, 2.24) is 19.8 Å². The van der Waals surface area contributed by atoms with Crippen molar-refractivity contribution in [2.75, 3.05) is 32.8 Å². The highest BCUT2D eigenvalue weighted by Gasteiger charge is 2.25. The standard InChI is InChI=1S/C22H24N4O3/c1-15-3-5-18(11-16(15)2)29-13-21(27)25-7-9-26(10-8-25)22(28)17-4-6-19-20(12-17)24-14-23-19/h3-6,11-12,14H,7-10,13H2,1-2H3,(H,23,24). The molecule has 1 N–H and O–H groups in total. The van der Waals surface area contributed by atoms with Crippen LogP contribution in [0.3, 0.4) is 0 Å². The van der Waals surface area contributed by atoms with Gasteiger partial charge in [-0.1, -0.05) is 6.07 Å². The zero-order valence-electron chi connectivity index (χ0n) is 16.6. The molecule has 0 unspecified atom stereocenters. The number of amides is 2. The van der Waals surface area contributed by atoms with Gasteiger partial charge < -0.3 is 19.5 Å². The number of nitrogens with one attached hydrogen (secondary N) is 1. The van der Waals surface area contributed by atoms with E-state index in [-0.39, 0.29) is 18.4 Å². The average Bonchev–Trinajstić information content (AvgIpc) is 3.22. The van der Waals surface area contributed by atoms with Crippen LogP contribution in [0.15, 0.2) is 42.7 Å². The van der Waals surface area contributed by atoms with Gasteiger partial charge in [-0.2, -0.15) is 0 Å². The molecule has 0 saturated carbocycles. The monoisotopic (exact) mass is 392 g/mol. The summed E-state index contributed by atoms with van der Waals surface area (Å²) in [5.74, 6) is 0.610. The van der Waals surface area contributed by atoms with Crippen LogP contribution in [0.5, 0.6) is 5.75 Å². The van der Waals surface area contributed by atoms with Gasteiger partial charge in [0.25, 0.3) is 11.8 Å². The second-order valence-electron chi connectivity index (χ2n) is 7.34. The van der Waals surface area contributed by atoms with E-state index >= 15 is 0 Å². The quantitative estimate of drug-likeness (QED) is 0.740. The minimum absolute atomic E-state index is 0.00688.